The topological polar surface area (TPSA) is 28.5 Å². The quantitative estimate of drug-likeness (QED) is 0.290. The largest absolute Gasteiger partial charge is 2.00 e. The van der Waals surface area contributed by atoms with Crippen LogP contribution in [0.1, 0.15) is 5.71 Å². The summed E-state index contributed by atoms with van der Waals surface area (Å²) in [5, 5.41) is 0. The fourth-order valence-corrected chi connectivity index (χ4v) is 0. The summed E-state index contributed by atoms with van der Waals surface area (Å²) in [7, 11) is 0. The summed E-state index contributed by atoms with van der Waals surface area (Å²) < 4.78 is 0. The molecule has 9 heavy (non-hydrogen) atoms. The monoisotopic (exact) mass is 226 g/mol. The van der Waals surface area contributed by atoms with Crippen molar-refractivity contribution in [2.24, 2.45) is 0 Å². The first-order valence-electron chi connectivity index (χ1n) is 0. The van der Waals surface area contributed by atoms with Crippen LogP contribution in [0.3, 0.4) is 0 Å². The van der Waals surface area contributed by atoms with E-state index in [-0.39, 0.29) is 231 Å². The maximum atomic E-state index is 0. The maximum Gasteiger partial charge on any atom is 1.00 e. The summed E-state index contributed by atoms with van der Waals surface area (Å²) in [5.74, 6) is 0. The average Bonchev–Trinajstić information content (AvgIpc) is 0. The summed E-state index contributed by atoms with van der Waals surface area (Å²) in [6.45, 7) is 0. The van der Waals surface area contributed by atoms with Crippen LogP contribution in [0.5, 0.6) is 0 Å². The average molecular weight is 226 g/mol. The molecule has 0 heterocycles. The molecule has 2 unspecified atom stereocenters. The fraction of sp³-hybridized carbons (Fsp3) is 0. The Morgan fingerprint density at radius 1 is 0.667 bits per heavy atom. The molecule has 9 heteroatoms. The van der Waals surface area contributed by atoms with Crippen LogP contribution in [-0.4, -0.2) is 0 Å². The van der Waals surface area contributed by atoms with Crippen molar-refractivity contribution in [3.63, 3.8) is 0 Å². The number of hydrogen-bond acceptors (Lipinski definition) is 0. The number of rotatable bonds is 0. The molecule has 0 saturated carbocycles. The SMILES string of the molecule is P.P.[H-].[H-].[H-].[H-].[K+].[K+].[Li+].[Li+].[Na+].[Na+].[O-2]. The summed E-state index contributed by atoms with van der Waals surface area (Å²) >= 11 is 0. The Balaban J connectivity index is 0. The van der Waals surface area contributed by atoms with Gasteiger partial charge in [-0.15, -0.1) is 0 Å². The van der Waals surface area contributed by atoms with Gasteiger partial charge in [-0.25, -0.2) is 0 Å². The molecule has 0 aliphatic heterocycles. The zero-order chi connectivity index (χ0) is 0. The van der Waals surface area contributed by atoms with Crippen molar-refractivity contribution < 1.29 is 211 Å². The van der Waals surface area contributed by atoms with Crippen LogP contribution in [0.4, 0.5) is 0 Å². The van der Waals surface area contributed by atoms with E-state index >= 15 is 0 Å². The van der Waals surface area contributed by atoms with Gasteiger partial charge >= 0.3 is 200 Å². The molecule has 0 aromatic rings. The molecule has 0 aromatic heterocycles. The Hall–Kier alpha value is 7.29. The molecule has 0 radical (unpaired) electrons. The summed E-state index contributed by atoms with van der Waals surface area (Å²) in [4.78, 5) is 0. The molecule has 0 aromatic carbocycles. The molecule has 2 atom stereocenters. The molecular weight excluding hydrogens is 216 g/mol. The molecule has 32 valence electrons. The molecule has 0 bridgehead atoms. The van der Waals surface area contributed by atoms with Gasteiger partial charge < -0.3 is 11.2 Å². The van der Waals surface area contributed by atoms with E-state index in [1.807, 2.05) is 0 Å². The van der Waals surface area contributed by atoms with Crippen molar-refractivity contribution in [3.8, 4) is 0 Å². The standard InChI is InChI=1S/2K.2Li.2Na.O.2H3P.4H/h;;;;;;;2*1H3;;;;/q6*+1;-2;;;4*-1. The van der Waals surface area contributed by atoms with Crippen molar-refractivity contribution in [3.05, 3.63) is 0 Å². The predicted octanol–water partition coefficient (Wildman–Crippen LogP) is -17.5. The predicted molar refractivity (Wildman–Crippen MR) is 27.3 cm³/mol. The second-order valence-electron chi connectivity index (χ2n) is 0. The van der Waals surface area contributed by atoms with Crippen molar-refractivity contribution >= 4 is 19.8 Å². The van der Waals surface area contributed by atoms with E-state index in [1.165, 1.54) is 0 Å². The third-order valence-corrected chi connectivity index (χ3v) is 0. The van der Waals surface area contributed by atoms with Gasteiger partial charge in [0.15, 0.2) is 0 Å². The smallest absolute Gasteiger partial charge is 1.00 e. The second-order valence-corrected chi connectivity index (χ2v) is 0. The normalized spacial score (nSPS) is 0. The van der Waals surface area contributed by atoms with Gasteiger partial charge in [-0.1, -0.05) is 0 Å². The van der Waals surface area contributed by atoms with Crippen LogP contribution in [0.2, 0.25) is 0 Å². The van der Waals surface area contributed by atoms with Gasteiger partial charge in [0.05, 0.1) is 0 Å². The van der Waals surface area contributed by atoms with Gasteiger partial charge in [-0.3, -0.25) is 0 Å². The first-order valence-corrected chi connectivity index (χ1v) is 0. The van der Waals surface area contributed by atoms with Gasteiger partial charge in [-0.05, 0) is 0 Å². The zero-order valence-corrected chi connectivity index (χ0v) is 20.9. The van der Waals surface area contributed by atoms with Crippen molar-refractivity contribution in [1.29, 1.82) is 0 Å². The summed E-state index contributed by atoms with van der Waals surface area (Å²) in [6.07, 6.45) is 0. The Labute approximate surface area is 224 Å². The Morgan fingerprint density at radius 2 is 0.667 bits per heavy atom. The van der Waals surface area contributed by atoms with E-state index in [0.29, 0.717) is 0 Å². The van der Waals surface area contributed by atoms with Crippen molar-refractivity contribution in [2.75, 3.05) is 0 Å². The molecule has 0 aliphatic carbocycles. The molecule has 0 spiro atoms. The second kappa shape index (κ2) is 58.8. The van der Waals surface area contributed by atoms with Crippen LogP contribution in [0, 0.1) is 0 Å². The van der Waals surface area contributed by atoms with E-state index in [9.17, 15) is 0 Å². The van der Waals surface area contributed by atoms with Gasteiger partial charge in [-0.2, -0.15) is 19.8 Å². The number of hydrogen-bond donors (Lipinski definition) is 0. The zero-order valence-electron chi connectivity index (χ0n) is 11.8. The Morgan fingerprint density at radius 3 is 0.667 bits per heavy atom. The molecule has 0 amide bonds. The van der Waals surface area contributed by atoms with Gasteiger partial charge in [0, 0.05) is 0 Å². The molecule has 0 saturated heterocycles. The van der Waals surface area contributed by atoms with Gasteiger partial charge in [0.1, 0.15) is 0 Å². The minimum atomic E-state index is 0. The van der Waals surface area contributed by atoms with E-state index in [4.69, 9.17) is 0 Å². The molecule has 0 aliphatic rings. The molecule has 0 N–H and O–H groups in total. The van der Waals surface area contributed by atoms with Crippen LogP contribution >= 0.6 is 19.8 Å². The van der Waals surface area contributed by atoms with Crippen LogP contribution in [0.25, 0.3) is 0 Å². The van der Waals surface area contributed by atoms with Crippen LogP contribution in [0.15, 0.2) is 0 Å². The molecular formula is H10K2Li2Na2OP2. The Kier molecular flexibility index (Phi) is 468. The molecule has 0 fully saturated rings. The summed E-state index contributed by atoms with van der Waals surface area (Å²) in [5.41, 5.74) is 0. The fourth-order valence-electron chi connectivity index (χ4n) is 0. The van der Waals surface area contributed by atoms with Crippen LogP contribution in [-0.2, 0) is 5.48 Å². The van der Waals surface area contributed by atoms with E-state index in [1.54, 1.807) is 0 Å². The van der Waals surface area contributed by atoms with Crippen LogP contribution < -0.4 is 200 Å². The van der Waals surface area contributed by atoms with E-state index < -0.39 is 0 Å². The van der Waals surface area contributed by atoms with Crippen molar-refractivity contribution in [2.45, 2.75) is 0 Å². The molecule has 1 nitrogen and oxygen atoms in total. The third-order valence-electron chi connectivity index (χ3n) is 0. The summed E-state index contributed by atoms with van der Waals surface area (Å²) in [6, 6.07) is 0. The van der Waals surface area contributed by atoms with E-state index in [0.717, 1.165) is 0 Å². The first-order chi connectivity index (χ1) is 0. The third kappa shape index (κ3) is 50.8. The maximum absolute atomic E-state index is 0. The van der Waals surface area contributed by atoms with Gasteiger partial charge in [0.25, 0.3) is 0 Å². The first kappa shape index (κ1) is 71.7. The van der Waals surface area contributed by atoms with Crippen molar-refractivity contribution in [1.82, 2.24) is 0 Å². The van der Waals surface area contributed by atoms with Gasteiger partial charge in [0.2, 0.25) is 0 Å². The van der Waals surface area contributed by atoms with E-state index in [2.05, 4.69) is 0 Å². The minimum Gasteiger partial charge on any atom is -2.00 e. The molecule has 0 rings (SSSR count). The Bertz CT molecular complexity index is 32.1. The minimum absolute atomic E-state index is 0.